The SMILES string of the molecule is NCC1OCCc2sc(N3CCOCC3)cc21. The topological polar surface area (TPSA) is 47.7 Å². The van der Waals surface area contributed by atoms with Crippen molar-refractivity contribution in [3.05, 3.63) is 16.5 Å². The van der Waals surface area contributed by atoms with E-state index in [4.69, 9.17) is 15.2 Å². The molecular formula is C12H18N2O2S. The lowest BCUT2D eigenvalue weighted by atomic mass is 10.1. The van der Waals surface area contributed by atoms with Crippen molar-refractivity contribution in [2.24, 2.45) is 5.73 Å². The Kier molecular flexibility index (Phi) is 3.33. The lowest BCUT2D eigenvalue weighted by molar-refractivity contribution is 0.0498. The average Bonchev–Trinajstić information content (AvgIpc) is 2.83. The Morgan fingerprint density at radius 2 is 2.18 bits per heavy atom. The van der Waals surface area contributed by atoms with Crippen molar-refractivity contribution in [1.29, 1.82) is 0 Å². The van der Waals surface area contributed by atoms with Crippen molar-refractivity contribution >= 4 is 16.3 Å². The molecule has 3 rings (SSSR count). The third-order valence-electron chi connectivity index (χ3n) is 3.36. The lowest BCUT2D eigenvalue weighted by Crippen LogP contribution is -2.35. The number of fused-ring (bicyclic) bond motifs is 1. The third kappa shape index (κ3) is 2.20. The highest BCUT2D eigenvalue weighted by Crippen LogP contribution is 2.38. The van der Waals surface area contributed by atoms with Gasteiger partial charge in [-0.05, 0) is 11.6 Å². The molecule has 5 heteroatoms. The summed E-state index contributed by atoms with van der Waals surface area (Å²) >= 11 is 1.90. The Labute approximate surface area is 105 Å². The Balaban J connectivity index is 1.84. The van der Waals surface area contributed by atoms with Gasteiger partial charge in [0.2, 0.25) is 0 Å². The summed E-state index contributed by atoms with van der Waals surface area (Å²) in [4.78, 5) is 3.85. The fourth-order valence-electron chi connectivity index (χ4n) is 2.41. The summed E-state index contributed by atoms with van der Waals surface area (Å²) in [5, 5.41) is 1.35. The molecule has 1 aromatic rings. The minimum absolute atomic E-state index is 0.102. The molecule has 1 atom stereocenters. The monoisotopic (exact) mass is 254 g/mol. The molecule has 0 aliphatic carbocycles. The predicted molar refractivity (Wildman–Crippen MR) is 68.8 cm³/mol. The lowest BCUT2D eigenvalue weighted by Gasteiger charge is -2.27. The molecule has 94 valence electrons. The second kappa shape index (κ2) is 4.94. The zero-order valence-electron chi connectivity index (χ0n) is 9.85. The Morgan fingerprint density at radius 1 is 1.35 bits per heavy atom. The minimum Gasteiger partial charge on any atom is -0.378 e. The smallest absolute Gasteiger partial charge is 0.0958 e. The van der Waals surface area contributed by atoms with Gasteiger partial charge < -0.3 is 20.1 Å². The van der Waals surface area contributed by atoms with E-state index in [1.807, 2.05) is 11.3 Å². The first-order chi connectivity index (χ1) is 8.38. The van der Waals surface area contributed by atoms with E-state index in [0.29, 0.717) is 6.54 Å². The molecule has 2 N–H and O–H groups in total. The van der Waals surface area contributed by atoms with Gasteiger partial charge in [0.1, 0.15) is 0 Å². The van der Waals surface area contributed by atoms with Crippen LogP contribution in [0.2, 0.25) is 0 Å². The maximum absolute atomic E-state index is 5.75. The van der Waals surface area contributed by atoms with Crippen LogP contribution < -0.4 is 10.6 Å². The van der Waals surface area contributed by atoms with Gasteiger partial charge >= 0.3 is 0 Å². The largest absolute Gasteiger partial charge is 0.378 e. The van der Waals surface area contributed by atoms with Crippen LogP contribution in [0.5, 0.6) is 0 Å². The van der Waals surface area contributed by atoms with Crippen molar-refractivity contribution in [2.75, 3.05) is 44.4 Å². The van der Waals surface area contributed by atoms with Crippen LogP contribution in [0, 0.1) is 0 Å². The maximum atomic E-state index is 5.75. The van der Waals surface area contributed by atoms with Crippen LogP contribution >= 0.6 is 11.3 Å². The van der Waals surface area contributed by atoms with Crippen LogP contribution in [0.25, 0.3) is 0 Å². The van der Waals surface area contributed by atoms with Gasteiger partial charge in [-0.15, -0.1) is 11.3 Å². The van der Waals surface area contributed by atoms with E-state index in [9.17, 15) is 0 Å². The molecule has 2 aliphatic rings. The molecule has 1 saturated heterocycles. The molecular weight excluding hydrogens is 236 g/mol. The highest BCUT2D eigenvalue weighted by atomic mass is 32.1. The van der Waals surface area contributed by atoms with Crippen molar-refractivity contribution < 1.29 is 9.47 Å². The summed E-state index contributed by atoms with van der Waals surface area (Å²) in [7, 11) is 0. The van der Waals surface area contributed by atoms with Crippen molar-refractivity contribution in [1.82, 2.24) is 0 Å². The van der Waals surface area contributed by atoms with Gasteiger partial charge in [0.15, 0.2) is 0 Å². The number of thiophene rings is 1. The van der Waals surface area contributed by atoms with Crippen LogP contribution in [0.3, 0.4) is 0 Å². The third-order valence-corrected chi connectivity index (χ3v) is 4.63. The quantitative estimate of drug-likeness (QED) is 0.860. The fourth-order valence-corrected chi connectivity index (χ4v) is 3.66. The summed E-state index contributed by atoms with van der Waals surface area (Å²) in [6.45, 7) is 5.03. The minimum atomic E-state index is 0.102. The molecule has 1 fully saturated rings. The van der Waals surface area contributed by atoms with Crippen molar-refractivity contribution in [3.63, 3.8) is 0 Å². The van der Waals surface area contributed by atoms with E-state index >= 15 is 0 Å². The number of ether oxygens (including phenoxy) is 2. The first-order valence-corrected chi connectivity index (χ1v) is 6.97. The number of nitrogens with two attached hydrogens (primary N) is 1. The number of morpholine rings is 1. The summed E-state index contributed by atoms with van der Waals surface area (Å²) in [6.07, 6.45) is 1.13. The van der Waals surface area contributed by atoms with Gasteiger partial charge in [-0.3, -0.25) is 0 Å². The van der Waals surface area contributed by atoms with E-state index < -0.39 is 0 Å². The molecule has 0 amide bonds. The number of hydrogen-bond donors (Lipinski definition) is 1. The number of rotatable bonds is 2. The molecule has 0 spiro atoms. The molecule has 2 aliphatic heterocycles. The summed E-state index contributed by atoms with van der Waals surface area (Å²) in [5.74, 6) is 0. The highest BCUT2D eigenvalue weighted by molar-refractivity contribution is 7.16. The van der Waals surface area contributed by atoms with Gasteiger partial charge in [-0.2, -0.15) is 0 Å². The summed E-state index contributed by atoms with van der Waals surface area (Å²) in [5.41, 5.74) is 7.06. The van der Waals surface area contributed by atoms with Gasteiger partial charge in [-0.1, -0.05) is 0 Å². The number of anilines is 1. The molecule has 1 aromatic heterocycles. The van der Waals surface area contributed by atoms with Gasteiger partial charge in [0, 0.05) is 30.9 Å². The molecule has 0 aromatic carbocycles. The Bertz CT molecular complexity index is 388. The van der Waals surface area contributed by atoms with Crippen LogP contribution in [0.1, 0.15) is 16.5 Å². The second-order valence-corrected chi connectivity index (χ2v) is 5.52. The first kappa shape index (κ1) is 11.5. The maximum Gasteiger partial charge on any atom is 0.0958 e. The van der Waals surface area contributed by atoms with E-state index in [1.165, 1.54) is 15.4 Å². The second-order valence-electron chi connectivity index (χ2n) is 4.41. The van der Waals surface area contributed by atoms with Gasteiger partial charge in [-0.25, -0.2) is 0 Å². The molecule has 0 radical (unpaired) electrons. The Hall–Kier alpha value is -0.620. The van der Waals surface area contributed by atoms with Crippen LogP contribution in [0.15, 0.2) is 6.07 Å². The molecule has 4 nitrogen and oxygen atoms in total. The van der Waals surface area contributed by atoms with Crippen LogP contribution in [-0.2, 0) is 15.9 Å². The predicted octanol–water partition coefficient (Wildman–Crippen LogP) is 1.16. The fraction of sp³-hybridized carbons (Fsp3) is 0.667. The van der Waals surface area contributed by atoms with Crippen molar-refractivity contribution in [2.45, 2.75) is 12.5 Å². The molecule has 0 bridgehead atoms. The van der Waals surface area contributed by atoms with Crippen molar-refractivity contribution in [3.8, 4) is 0 Å². The van der Waals surface area contributed by atoms with E-state index in [1.54, 1.807) is 0 Å². The summed E-state index contributed by atoms with van der Waals surface area (Å²) in [6, 6.07) is 2.27. The number of hydrogen-bond acceptors (Lipinski definition) is 5. The van der Waals surface area contributed by atoms with Gasteiger partial charge in [0.05, 0.1) is 30.9 Å². The summed E-state index contributed by atoms with van der Waals surface area (Å²) < 4.78 is 11.1. The van der Waals surface area contributed by atoms with E-state index in [0.717, 1.165) is 39.3 Å². The normalized spacial score (nSPS) is 24.8. The Morgan fingerprint density at radius 3 is 2.94 bits per heavy atom. The molecule has 0 saturated carbocycles. The number of nitrogens with zero attached hydrogens (tertiary/aromatic N) is 1. The average molecular weight is 254 g/mol. The van der Waals surface area contributed by atoms with Gasteiger partial charge in [0.25, 0.3) is 0 Å². The molecule has 17 heavy (non-hydrogen) atoms. The van der Waals surface area contributed by atoms with Crippen LogP contribution in [-0.4, -0.2) is 39.5 Å². The molecule has 1 unspecified atom stereocenters. The highest BCUT2D eigenvalue weighted by Gasteiger charge is 2.24. The zero-order valence-corrected chi connectivity index (χ0v) is 10.7. The van der Waals surface area contributed by atoms with Crippen LogP contribution in [0.4, 0.5) is 5.00 Å². The standard InChI is InChI=1S/C12H18N2O2S/c13-8-10-9-7-12(14-2-5-15-6-3-14)17-11(9)1-4-16-10/h7,10H,1-6,8,13H2. The molecule has 3 heterocycles. The first-order valence-electron chi connectivity index (χ1n) is 6.15. The van der Waals surface area contributed by atoms with E-state index in [-0.39, 0.29) is 6.10 Å². The zero-order chi connectivity index (χ0) is 11.7. The van der Waals surface area contributed by atoms with E-state index in [2.05, 4.69) is 11.0 Å².